The average Bonchev–Trinajstić information content (AvgIpc) is 3.30. The zero-order chi connectivity index (χ0) is 58.4. The van der Waals surface area contributed by atoms with E-state index in [1.165, 1.54) is 0 Å². The smallest absolute Gasteiger partial charge is 0.305 e. The maximum Gasteiger partial charge on any atom is 0.305 e. The molecule has 0 aliphatic rings. The van der Waals surface area contributed by atoms with Crippen LogP contribution in [0.5, 0.6) is 0 Å². The van der Waals surface area contributed by atoms with Crippen molar-refractivity contribution in [2.24, 2.45) is 0 Å². The van der Waals surface area contributed by atoms with Crippen LogP contribution in [-0.4, -0.2) is 286 Å². The lowest BCUT2D eigenvalue weighted by Crippen LogP contribution is -2.53. The highest BCUT2D eigenvalue weighted by Crippen LogP contribution is 2.09. The van der Waals surface area contributed by atoms with Crippen LogP contribution in [0.3, 0.4) is 0 Å². The number of carbonyl (C=O) groups is 17. The molecule has 0 atom stereocenters. The summed E-state index contributed by atoms with van der Waals surface area (Å²) in [5.74, 6) is -21.6. The molecule has 0 saturated carbocycles. The fourth-order valence-corrected chi connectivity index (χ4v) is 6.35. The van der Waals surface area contributed by atoms with Crippen molar-refractivity contribution in [1.29, 1.82) is 0 Å². The molecule has 8 N–H and O–H groups in total. The van der Waals surface area contributed by atoms with Gasteiger partial charge in [-0.15, -0.1) is 0 Å². The van der Waals surface area contributed by atoms with Gasteiger partial charge in [-0.25, -0.2) is 0 Å². The summed E-state index contributed by atoms with van der Waals surface area (Å²) >= 11 is 0. The molecule has 0 aromatic carbocycles. The first-order valence-electron chi connectivity index (χ1n) is 22.8. The number of Topliss-reactive ketones (excluding diaryl/α,β-unsaturated/α-hetero) is 1. The zero-order valence-electron chi connectivity index (χ0n) is 41.6. The first-order valence-corrected chi connectivity index (χ1v) is 22.8. The number of carboxylic acid groups (broad SMARTS) is 8. The number of nitrogens with zero attached hydrogens (tertiary/aromatic N) is 8. The van der Waals surface area contributed by atoms with Crippen molar-refractivity contribution >= 4 is 101 Å². The molecule has 0 aromatic rings. The Bertz CT molecular complexity index is 2200. The number of aliphatic carboxylic acids is 8. The summed E-state index contributed by atoms with van der Waals surface area (Å²) in [5, 5.41) is 74.6. The zero-order valence-corrected chi connectivity index (χ0v) is 41.6. The number of ketones is 1. The molecule has 33 heteroatoms. The molecular formula is C43H62N8O25. The Kier molecular flexibility index (Phi) is 30.6. The van der Waals surface area contributed by atoms with E-state index in [0.717, 1.165) is 23.6 Å². The first kappa shape index (κ1) is 67.2. The second-order valence-corrected chi connectivity index (χ2v) is 16.5. The summed E-state index contributed by atoms with van der Waals surface area (Å²) in [6.07, 6.45) is -6.38. The Balaban J connectivity index is 7.01. The maximum atomic E-state index is 14.0. The number of amides is 8. The summed E-state index contributed by atoms with van der Waals surface area (Å²) in [6.45, 7) is -11.8. The van der Waals surface area contributed by atoms with Crippen LogP contribution < -0.4 is 0 Å². The standard InChI is InChI=1S/C43H62N8O25/c1-27(52)19-45(12-4-37(63)64)30(55)21-47(14-6-39(67)68)32(57)23-49(16-8-41(71)72)34(59)25-51(18-10-43(75)76)35(60)26-50(17-9-42(73)74)33(58)24-48(15-7-40(69)70)31(56)22-46(13-5-38(65)66)29(54)20-44(28(2)53)11-3-36(61)62/h3-26H2,1-2H3,(H,61,62)(H,63,64)(H,65,66)(H,67,68)(H,69,70)(H,71,72)(H,73,74)(H,75,76). The Morgan fingerprint density at radius 1 is 0.224 bits per heavy atom. The predicted octanol–water partition coefficient (Wildman–Crippen LogP) is -4.98. The fraction of sp³-hybridized carbons (Fsp3) is 0.605. The largest absolute Gasteiger partial charge is 0.481 e. The molecule has 0 aliphatic carbocycles. The van der Waals surface area contributed by atoms with Gasteiger partial charge in [0.25, 0.3) is 0 Å². The van der Waals surface area contributed by atoms with E-state index in [2.05, 4.69) is 0 Å². The molecular weight excluding hydrogens is 1030 g/mol. The van der Waals surface area contributed by atoms with Gasteiger partial charge in [0.15, 0.2) is 0 Å². The van der Waals surface area contributed by atoms with E-state index in [4.69, 9.17) is 10.2 Å². The van der Waals surface area contributed by atoms with Gasteiger partial charge >= 0.3 is 47.8 Å². The topological polar surface area (TPSA) is 478 Å². The molecule has 0 radical (unpaired) electrons. The van der Waals surface area contributed by atoms with Gasteiger partial charge in [0.05, 0.1) is 104 Å². The van der Waals surface area contributed by atoms with Gasteiger partial charge in [-0.2, -0.15) is 0 Å². The van der Waals surface area contributed by atoms with Gasteiger partial charge in [0, 0.05) is 59.3 Å². The van der Waals surface area contributed by atoms with Crippen molar-refractivity contribution < 1.29 is 122 Å². The lowest BCUT2D eigenvalue weighted by atomic mass is 10.2. The van der Waals surface area contributed by atoms with Gasteiger partial charge in [-0.05, 0) is 6.92 Å². The van der Waals surface area contributed by atoms with E-state index in [9.17, 15) is 112 Å². The molecule has 33 nitrogen and oxygen atoms in total. The molecule has 0 bridgehead atoms. The highest BCUT2D eigenvalue weighted by atomic mass is 16.4. The molecule has 76 heavy (non-hydrogen) atoms. The summed E-state index contributed by atoms with van der Waals surface area (Å²) < 4.78 is 0. The van der Waals surface area contributed by atoms with E-state index < -0.39 is 257 Å². The highest BCUT2D eigenvalue weighted by molar-refractivity contribution is 5.94. The molecule has 0 saturated heterocycles. The Morgan fingerprint density at radius 3 is 0.487 bits per heavy atom. The normalized spacial score (nSPS) is 10.4. The van der Waals surface area contributed by atoms with E-state index in [1.54, 1.807) is 0 Å². The average molecular weight is 1090 g/mol. The quantitative estimate of drug-likeness (QED) is 0.0285. The fourth-order valence-electron chi connectivity index (χ4n) is 6.35. The van der Waals surface area contributed by atoms with Crippen molar-refractivity contribution in [3.05, 3.63) is 0 Å². The van der Waals surface area contributed by atoms with E-state index >= 15 is 0 Å². The second-order valence-electron chi connectivity index (χ2n) is 16.5. The van der Waals surface area contributed by atoms with Gasteiger partial charge < -0.3 is 80.1 Å². The van der Waals surface area contributed by atoms with Crippen molar-refractivity contribution in [3.63, 3.8) is 0 Å². The van der Waals surface area contributed by atoms with Crippen LogP contribution in [0.15, 0.2) is 0 Å². The van der Waals surface area contributed by atoms with Crippen molar-refractivity contribution in [1.82, 2.24) is 39.2 Å². The predicted molar refractivity (Wildman–Crippen MR) is 247 cm³/mol. The Hall–Kier alpha value is -8.81. The van der Waals surface area contributed by atoms with Gasteiger partial charge in [-0.3, -0.25) is 81.5 Å². The number of rotatable bonds is 40. The van der Waals surface area contributed by atoms with Crippen molar-refractivity contribution in [3.8, 4) is 0 Å². The van der Waals surface area contributed by atoms with Crippen LogP contribution in [-0.2, 0) is 81.5 Å². The Labute approximate surface area is 431 Å². The van der Waals surface area contributed by atoms with Gasteiger partial charge in [-0.1, -0.05) is 0 Å². The molecule has 8 amide bonds. The third-order valence-corrected chi connectivity index (χ3v) is 10.4. The summed E-state index contributed by atoms with van der Waals surface area (Å²) in [5.41, 5.74) is 0. The molecule has 0 rings (SSSR count). The van der Waals surface area contributed by atoms with E-state index in [0.29, 0.717) is 29.4 Å². The lowest BCUT2D eigenvalue weighted by Gasteiger charge is -2.32. The van der Waals surface area contributed by atoms with Crippen LogP contribution in [0.2, 0.25) is 0 Å². The molecule has 0 fully saturated rings. The maximum absolute atomic E-state index is 14.0. The van der Waals surface area contributed by atoms with E-state index in [1.807, 2.05) is 0 Å². The minimum atomic E-state index is -1.55. The SMILES string of the molecule is CC(=O)CN(CCC(=O)O)C(=O)CN(CCC(=O)O)C(=O)CN(CCC(=O)O)C(=O)CN(CCC(=O)O)C(=O)CN(CCC(=O)O)C(=O)CN(CCC(=O)O)C(=O)CN(CCC(=O)O)C(=O)CN(CCC(=O)O)C(C)=O. The minimum Gasteiger partial charge on any atom is -0.481 e. The third kappa shape index (κ3) is 29.6. The molecule has 0 heterocycles. The van der Waals surface area contributed by atoms with Gasteiger partial charge in [0.1, 0.15) is 5.78 Å². The second kappa shape index (κ2) is 34.6. The minimum absolute atomic E-state index is 0.479. The number of carboxylic acids is 8. The van der Waals surface area contributed by atoms with Crippen LogP contribution in [0.25, 0.3) is 0 Å². The van der Waals surface area contributed by atoms with Crippen LogP contribution >= 0.6 is 0 Å². The third-order valence-electron chi connectivity index (χ3n) is 10.4. The highest BCUT2D eigenvalue weighted by Gasteiger charge is 2.32. The van der Waals surface area contributed by atoms with E-state index in [-0.39, 0.29) is 0 Å². The van der Waals surface area contributed by atoms with Crippen molar-refractivity contribution in [2.45, 2.75) is 65.2 Å². The van der Waals surface area contributed by atoms with Crippen LogP contribution in [0.4, 0.5) is 0 Å². The van der Waals surface area contributed by atoms with Gasteiger partial charge in [0.2, 0.25) is 47.3 Å². The Morgan fingerprint density at radius 2 is 0.355 bits per heavy atom. The number of carbonyl (C=O) groups excluding carboxylic acids is 9. The molecule has 0 spiro atoms. The van der Waals surface area contributed by atoms with Crippen LogP contribution in [0, 0.1) is 0 Å². The number of hydrogen-bond donors (Lipinski definition) is 8. The van der Waals surface area contributed by atoms with Crippen molar-refractivity contribution in [2.75, 3.05) is 105 Å². The molecule has 0 aromatic heterocycles. The summed E-state index contributed by atoms with van der Waals surface area (Å²) in [7, 11) is 0. The molecule has 0 aliphatic heterocycles. The summed E-state index contributed by atoms with van der Waals surface area (Å²) in [4.78, 5) is 217. The monoisotopic (exact) mass is 1090 g/mol. The molecule has 0 unspecified atom stereocenters. The van der Waals surface area contributed by atoms with Crippen LogP contribution in [0.1, 0.15) is 65.2 Å². The summed E-state index contributed by atoms with van der Waals surface area (Å²) in [6, 6.07) is 0. The lowest BCUT2D eigenvalue weighted by molar-refractivity contribution is -0.151. The first-order chi connectivity index (χ1) is 35.3. The molecule has 424 valence electrons. The number of hydrogen-bond acceptors (Lipinski definition) is 17.